The van der Waals surface area contributed by atoms with Gasteiger partial charge in [-0.1, -0.05) is 23.5 Å². The van der Waals surface area contributed by atoms with Gasteiger partial charge in [0.1, 0.15) is 11.4 Å². The molecule has 0 radical (unpaired) electrons. The minimum absolute atomic E-state index is 0.562. The Morgan fingerprint density at radius 2 is 2.11 bits per heavy atom. The molecule has 0 spiro atoms. The van der Waals surface area contributed by atoms with Gasteiger partial charge in [0.15, 0.2) is 5.13 Å². The molecule has 0 aliphatic heterocycles. The SMILES string of the molecule is COc1cccnc1-c1cccc2nc(N)sc12. The third-order valence-corrected chi connectivity index (χ3v) is 3.61. The van der Waals surface area contributed by atoms with Gasteiger partial charge in [-0.3, -0.25) is 4.98 Å². The summed E-state index contributed by atoms with van der Waals surface area (Å²) in [4.78, 5) is 8.67. The molecular formula is C13H11N3OS. The molecule has 0 amide bonds. The van der Waals surface area contributed by atoms with Gasteiger partial charge in [0.05, 0.1) is 17.3 Å². The Hall–Kier alpha value is -2.14. The minimum atomic E-state index is 0.562. The average molecular weight is 257 g/mol. The number of hydrogen-bond donors (Lipinski definition) is 1. The lowest BCUT2D eigenvalue weighted by atomic mass is 10.1. The molecule has 0 saturated heterocycles. The quantitative estimate of drug-likeness (QED) is 0.766. The van der Waals surface area contributed by atoms with Gasteiger partial charge in [-0.25, -0.2) is 4.98 Å². The summed E-state index contributed by atoms with van der Waals surface area (Å²) < 4.78 is 6.38. The topological polar surface area (TPSA) is 61.0 Å². The van der Waals surface area contributed by atoms with Crippen LogP contribution < -0.4 is 10.5 Å². The number of nitrogens with zero attached hydrogens (tertiary/aromatic N) is 2. The zero-order valence-electron chi connectivity index (χ0n) is 9.75. The molecule has 3 rings (SSSR count). The molecule has 2 aromatic heterocycles. The summed E-state index contributed by atoms with van der Waals surface area (Å²) >= 11 is 1.46. The molecule has 0 bridgehead atoms. The Bertz CT molecular complexity index is 708. The third-order valence-electron chi connectivity index (χ3n) is 2.68. The van der Waals surface area contributed by atoms with Crippen molar-refractivity contribution in [2.45, 2.75) is 0 Å². The van der Waals surface area contributed by atoms with Gasteiger partial charge in [-0.15, -0.1) is 0 Å². The van der Waals surface area contributed by atoms with E-state index in [1.165, 1.54) is 11.3 Å². The molecule has 0 unspecified atom stereocenters. The molecule has 0 aliphatic carbocycles. The molecule has 2 heterocycles. The predicted octanol–water partition coefficient (Wildman–Crippen LogP) is 2.95. The fourth-order valence-corrected chi connectivity index (χ4v) is 2.76. The third kappa shape index (κ3) is 1.69. The summed E-state index contributed by atoms with van der Waals surface area (Å²) in [6.07, 6.45) is 1.75. The summed E-state index contributed by atoms with van der Waals surface area (Å²) in [5.74, 6) is 0.747. The number of benzene rings is 1. The summed E-state index contributed by atoms with van der Waals surface area (Å²) in [6, 6.07) is 9.64. The van der Waals surface area contributed by atoms with E-state index in [0.717, 1.165) is 27.2 Å². The van der Waals surface area contributed by atoms with E-state index in [-0.39, 0.29) is 0 Å². The fourth-order valence-electron chi connectivity index (χ4n) is 1.91. The number of nitrogens with two attached hydrogens (primary N) is 1. The second kappa shape index (κ2) is 4.27. The molecule has 90 valence electrons. The van der Waals surface area contributed by atoms with Crippen molar-refractivity contribution in [3.05, 3.63) is 36.5 Å². The van der Waals surface area contributed by atoms with Gasteiger partial charge in [0.2, 0.25) is 0 Å². The van der Waals surface area contributed by atoms with Crippen molar-refractivity contribution < 1.29 is 4.74 Å². The molecule has 4 nitrogen and oxygen atoms in total. The average Bonchev–Trinajstić information content (AvgIpc) is 2.78. The van der Waals surface area contributed by atoms with Crippen LogP contribution in [-0.2, 0) is 0 Å². The summed E-state index contributed by atoms with van der Waals surface area (Å²) in [5.41, 5.74) is 8.47. The standard InChI is InChI=1S/C13H11N3OS/c1-17-10-6-3-7-15-11(10)8-4-2-5-9-12(8)18-13(14)16-9/h2-7H,1H3,(H2,14,16). The van der Waals surface area contributed by atoms with E-state index in [2.05, 4.69) is 9.97 Å². The second-order valence-corrected chi connectivity index (χ2v) is 4.79. The molecular weight excluding hydrogens is 246 g/mol. The van der Waals surface area contributed by atoms with Crippen molar-refractivity contribution in [3.8, 4) is 17.0 Å². The molecule has 1 aromatic carbocycles. The highest BCUT2D eigenvalue weighted by Crippen LogP contribution is 2.36. The van der Waals surface area contributed by atoms with E-state index in [1.807, 2.05) is 30.3 Å². The molecule has 0 saturated carbocycles. The first-order valence-electron chi connectivity index (χ1n) is 5.44. The van der Waals surface area contributed by atoms with Crippen molar-refractivity contribution in [2.75, 3.05) is 12.8 Å². The van der Waals surface area contributed by atoms with Crippen LogP contribution in [0.3, 0.4) is 0 Å². The maximum atomic E-state index is 5.76. The van der Waals surface area contributed by atoms with Crippen LogP contribution in [0.5, 0.6) is 5.75 Å². The van der Waals surface area contributed by atoms with E-state index >= 15 is 0 Å². The number of fused-ring (bicyclic) bond motifs is 1. The number of methoxy groups -OCH3 is 1. The van der Waals surface area contributed by atoms with Crippen LogP contribution in [0, 0.1) is 0 Å². The molecule has 18 heavy (non-hydrogen) atoms. The highest BCUT2D eigenvalue weighted by Gasteiger charge is 2.12. The van der Waals surface area contributed by atoms with Crippen LogP contribution in [0.25, 0.3) is 21.5 Å². The number of pyridine rings is 1. The Labute approximate surface area is 108 Å². The Morgan fingerprint density at radius 1 is 1.22 bits per heavy atom. The van der Waals surface area contributed by atoms with Crippen LogP contribution >= 0.6 is 11.3 Å². The Morgan fingerprint density at radius 3 is 2.94 bits per heavy atom. The van der Waals surface area contributed by atoms with E-state index in [9.17, 15) is 0 Å². The van der Waals surface area contributed by atoms with E-state index in [1.54, 1.807) is 13.3 Å². The Kier molecular flexibility index (Phi) is 2.60. The second-order valence-electron chi connectivity index (χ2n) is 3.76. The molecule has 3 aromatic rings. The number of aromatic nitrogens is 2. The van der Waals surface area contributed by atoms with E-state index < -0.39 is 0 Å². The van der Waals surface area contributed by atoms with Gasteiger partial charge in [-0.2, -0.15) is 0 Å². The maximum absolute atomic E-state index is 5.76. The number of anilines is 1. The van der Waals surface area contributed by atoms with E-state index in [4.69, 9.17) is 10.5 Å². The van der Waals surface area contributed by atoms with Gasteiger partial charge >= 0.3 is 0 Å². The fraction of sp³-hybridized carbons (Fsp3) is 0.0769. The van der Waals surface area contributed by atoms with Gasteiger partial charge in [0.25, 0.3) is 0 Å². The zero-order chi connectivity index (χ0) is 12.5. The van der Waals surface area contributed by atoms with Gasteiger partial charge in [-0.05, 0) is 18.2 Å². The van der Waals surface area contributed by atoms with Crippen molar-refractivity contribution >= 4 is 26.7 Å². The lowest BCUT2D eigenvalue weighted by Gasteiger charge is -2.07. The normalized spacial score (nSPS) is 10.7. The predicted molar refractivity (Wildman–Crippen MR) is 73.8 cm³/mol. The number of nitrogen functional groups attached to an aromatic ring is 1. The van der Waals surface area contributed by atoms with Gasteiger partial charge in [0, 0.05) is 11.8 Å². The maximum Gasteiger partial charge on any atom is 0.181 e. The van der Waals surface area contributed by atoms with Gasteiger partial charge < -0.3 is 10.5 Å². The molecule has 2 N–H and O–H groups in total. The van der Waals surface area contributed by atoms with Crippen LogP contribution in [0.2, 0.25) is 0 Å². The highest BCUT2D eigenvalue weighted by atomic mass is 32.1. The van der Waals surface area contributed by atoms with Crippen molar-refractivity contribution in [2.24, 2.45) is 0 Å². The Balaban J connectivity index is 2.31. The first-order valence-corrected chi connectivity index (χ1v) is 6.25. The molecule has 0 atom stereocenters. The smallest absolute Gasteiger partial charge is 0.181 e. The first-order chi connectivity index (χ1) is 8.79. The zero-order valence-corrected chi connectivity index (χ0v) is 10.6. The number of hydrogen-bond acceptors (Lipinski definition) is 5. The van der Waals surface area contributed by atoms with Crippen molar-refractivity contribution in [1.82, 2.24) is 9.97 Å². The van der Waals surface area contributed by atoms with Crippen LogP contribution in [0.1, 0.15) is 0 Å². The highest BCUT2D eigenvalue weighted by molar-refractivity contribution is 7.22. The number of ether oxygens (including phenoxy) is 1. The van der Waals surface area contributed by atoms with Crippen molar-refractivity contribution in [3.63, 3.8) is 0 Å². The largest absolute Gasteiger partial charge is 0.494 e. The number of rotatable bonds is 2. The lowest BCUT2D eigenvalue weighted by molar-refractivity contribution is 0.415. The minimum Gasteiger partial charge on any atom is -0.494 e. The number of thiazole rings is 1. The molecule has 0 fully saturated rings. The molecule has 5 heteroatoms. The van der Waals surface area contributed by atoms with E-state index in [0.29, 0.717) is 5.13 Å². The first kappa shape index (κ1) is 11.0. The van der Waals surface area contributed by atoms with Crippen LogP contribution in [-0.4, -0.2) is 17.1 Å². The van der Waals surface area contributed by atoms with Crippen molar-refractivity contribution in [1.29, 1.82) is 0 Å². The van der Waals surface area contributed by atoms with Crippen LogP contribution in [0.15, 0.2) is 36.5 Å². The lowest BCUT2D eigenvalue weighted by Crippen LogP contribution is -1.90. The monoisotopic (exact) mass is 257 g/mol. The summed E-state index contributed by atoms with van der Waals surface area (Å²) in [5, 5.41) is 0.562. The summed E-state index contributed by atoms with van der Waals surface area (Å²) in [7, 11) is 1.64. The summed E-state index contributed by atoms with van der Waals surface area (Å²) in [6.45, 7) is 0. The molecule has 0 aliphatic rings. The van der Waals surface area contributed by atoms with Crippen LogP contribution in [0.4, 0.5) is 5.13 Å².